The topological polar surface area (TPSA) is 0 Å². The predicted octanol–water partition coefficient (Wildman–Crippen LogP) is 7.34. The van der Waals surface area contributed by atoms with E-state index in [1.54, 1.807) is 6.07 Å². The maximum absolute atomic E-state index is 14.2. The van der Waals surface area contributed by atoms with E-state index in [1.165, 1.54) is 70.6 Å². The molecule has 0 bridgehead atoms. The molecular weight excluding hydrogens is 307 g/mol. The van der Waals surface area contributed by atoms with Crippen LogP contribution in [-0.4, -0.2) is 0 Å². The minimum Gasteiger partial charge on any atom is -0.207 e. The Morgan fingerprint density at radius 2 is 1.36 bits per heavy atom. The van der Waals surface area contributed by atoms with Gasteiger partial charge in [0.05, 0.1) is 0 Å². The SMILES string of the molecule is CCC1CCC(C2CCC3CC(c4ccccc4F)CCC3C2)CC1. The first-order valence-corrected chi connectivity index (χ1v) is 11.0. The van der Waals surface area contributed by atoms with E-state index in [2.05, 4.69) is 6.92 Å². The Hall–Kier alpha value is -0.850. The van der Waals surface area contributed by atoms with Crippen LogP contribution in [0.15, 0.2) is 24.3 Å². The minimum atomic E-state index is 0.0207. The fourth-order valence-corrected chi connectivity index (χ4v) is 6.51. The molecule has 0 heterocycles. The molecule has 1 aromatic carbocycles. The molecule has 0 nitrogen and oxygen atoms in total. The summed E-state index contributed by atoms with van der Waals surface area (Å²) in [7, 11) is 0. The van der Waals surface area contributed by atoms with E-state index in [1.807, 2.05) is 18.2 Å². The van der Waals surface area contributed by atoms with E-state index < -0.39 is 0 Å². The van der Waals surface area contributed by atoms with E-state index in [9.17, 15) is 4.39 Å². The second-order valence-electron chi connectivity index (χ2n) is 9.31. The van der Waals surface area contributed by atoms with Crippen molar-refractivity contribution in [2.75, 3.05) is 0 Å². The van der Waals surface area contributed by atoms with Crippen LogP contribution in [0.3, 0.4) is 0 Å². The van der Waals surface area contributed by atoms with Crippen LogP contribution in [0, 0.1) is 35.4 Å². The lowest BCUT2D eigenvalue weighted by Crippen LogP contribution is -2.34. The standard InChI is InChI=1S/C24H35F/c1-2-17-7-9-18(10-8-17)19-11-12-21-16-22(14-13-20(21)15-19)23-5-3-4-6-24(23)25/h3-6,17-22H,2,7-16H2,1H3. The molecule has 3 aliphatic rings. The third-order valence-electron chi connectivity index (χ3n) is 8.13. The number of hydrogen-bond donors (Lipinski definition) is 0. The van der Waals surface area contributed by atoms with Gasteiger partial charge in [0.1, 0.15) is 5.82 Å². The van der Waals surface area contributed by atoms with Crippen LogP contribution in [0.1, 0.15) is 89.0 Å². The van der Waals surface area contributed by atoms with E-state index in [0.29, 0.717) is 5.92 Å². The van der Waals surface area contributed by atoms with Gasteiger partial charge in [0.2, 0.25) is 0 Å². The molecule has 1 aromatic rings. The summed E-state index contributed by atoms with van der Waals surface area (Å²) < 4.78 is 14.2. The van der Waals surface area contributed by atoms with Gasteiger partial charge in [-0.1, -0.05) is 44.4 Å². The van der Waals surface area contributed by atoms with E-state index in [-0.39, 0.29) is 5.82 Å². The van der Waals surface area contributed by atoms with Gasteiger partial charge in [-0.2, -0.15) is 0 Å². The Bertz CT molecular complexity index is 557. The number of fused-ring (bicyclic) bond motifs is 1. The lowest BCUT2D eigenvalue weighted by molar-refractivity contribution is 0.0712. The predicted molar refractivity (Wildman–Crippen MR) is 103 cm³/mol. The van der Waals surface area contributed by atoms with Gasteiger partial charge in [-0.15, -0.1) is 0 Å². The van der Waals surface area contributed by atoms with E-state index in [4.69, 9.17) is 0 Å². The molecule has 4 atom stereocenters. The highest BCUT2D eigenvalue weighted by Crippen LogP contribution is 2.51. The molecule has 0 saturated heterocycles. The molecule has 0 amide bonds. The fourth-order valence-electron chi connectivity index (χ4n) is 6.51. The van der Waals surface area contributed by atoms with Crippen molar-refractivity contribution in [1.82, 2.24) is 0 Å². The molecule has 138 valence electrons. The van der Waals surface area contributed by atoms with Gasteiger partial charge in [0, 0.05) is 0 Å². The van der Waals surface area contributed by atoms with Crippen LogP contribution in [-0.2, 0) is 0 Å². The zero-order valence-electron chi connectivity index (χ0n) is 15.9. The molecule has 0 radical (unpaired) electrons. The molecule has 0 spiro atoms. The molecular formula is C24H35F. The monoisotopic (exact) mass is 342 g/mol. The van der Waals surface area contributed by atoms with Crippen LogP contribution in [0.5, 0.6) is 0 Å². The van der Waals surface area contributed by atoms with Crippen molar-refractivity contribution in [3.63, 3.8) is 0 Å². The maximum atomic E-state index is 14.2. The van der Waals surface area contributed by atoms with Crippen molar-refractivity contribution in [2.45, 2.75) is 83.5 Å². The van der Waals surface area contributed by atoms with Crippen molar-refractivity contribution in [3.05, 3.63) is 35.6 Å². The highest BCUT2D eigenvalue weighted by atomic mass is 19.1. The molecule has 0 N–H and O–H groups in total. The Balaban J connectivity index is 1.33. The van der Waals surface area contributed by atoms with Crippen molar-refractivity contribution < 1.29 is 4.39 Å². The summed E-state index contributed by atoms with van der Waals surface area (Å²) in [6, 6.07) is 7.50. The summed E-state index contributed by atoms with van der Waals surface area (Å²) in [5, 5.41) is 0. The summed E-state index contributed by atoms with van der Waals surface area (Å²) in [4.78, 5) is 0. The molecule has 1 heteroatoms. The molecule has 25 heavy (non-hydrogen) atoms. The zero-order valence-corrected chi connectivity index (χ0v) is 15.9. The second kappa shape index (κ2) is 7.80. The summed E-state index contributed by atoms with van der Waals surface area (Å²) in [6.45, 7) is 2.37. The van der Waals surface area contributed by atoms with Crippen LogP contribution in [0.25, 0.3) is 0 Å². The van der Waals surface area contributed by atoms with Gasteiger partial charge in [0.25, 0.3) is 0 Å². The molecule has 3 aliphatic carbocycles. The Labute approximate surface area is 153 Å². The molecule has 0 aromatic heterocycles. The first kappa shape index (κ1) is 17.6. The van der Waals surface area contributed by atoms with Gasteiger partial charge in [-0.3, -0.25) is 0 Å². The number of rotatable bonds is 3. The maximum Gasteiger partial charge on any atom is 0.126 e. The molecule has 3 saturated carbocycles. The van der Waals surface area contributed by atoms with Crippen LogP contribution >= 0.6 is 0 Å². The highest BCUT2D eigenvalue weighted by Gasteiger charge is 2.39. The third kappa shape index (κ3) is 3.81. The molecule has 0 aliphatic heterocycles. The quantitative estimate of drug-likeness (QED) is 0.539. The number of halogens is 1. The van der Waals surface area contributed by atoms with E-state index >= 15 is 0 Å². The second-order valence-corrected chi connectivity index (χ2v) is 9.31. The Morgan fingerprint density at radius 3 is 2.08 bits per heavy atom. The van der Waals surface area contributed by atoms with E-state index in [0.717, 1.165) is 35.2 Å². The van der Waals surface area contributed by atoms with Gasteiger partial charge in [0.15, 0.2) is 0 Å². The van der Waals surface area contributed by atoms with Crippen molar-refractivity contribution >= 4 is 0 Å². The first-order valence-electron chi connectivity index (χ1n) is 11.0. The summed E-state index contributed by atoms with van der Waals surface area (Å²) in [5.74, 6) is 5.33. The van der Waals surface area contributed by atoms with Crippen molar-refractivity contribution in [1.29, 1.82) is 0 Å². The minimum absolute atomic E-state index is 0.0207. The van der Waals surface area contributed by atoms with Crippen molar-refractivity contribution in [3.8, 4) is 0 Å². The highest BCUT2D eigenvalue weighted by molar-refractivity contribution is 5.22. The molecule has 3 fully saturated rings. The Kier molecular flexibility index (Phi) is 5.48. The van der Waals surface area contributed by atoms with Gasteiger partial charge < -0.3 is 0 Å². The average Bonchev–Trinajstić information content (AvgIpc) is 2.68. The van der Waals surface area contributed by atoms with Gasteiger partial charge in [-0.05, 0) is 98.5 Å². The lowest BCUT2D eigenvalue weighted by Gasteiger charge is -2.45. The molecule has 4 unspecified atom stereocenters. The number of hydrogen-bond acceptors (Lipinski definition) is 0. The first-order chi connectivity index (χ1) is 12.2. The van der Waals surface area contributed by atoms with Crippen molar-refractivity contribution in [2.24, 2.45) is 29.6 Å². The normalized spacial score (nSPS) is 39.0. The summed E-state index contributed by atoms with van der Waals surface area (Å²) in [5.41, 5.74) is 0.987. The molecule has 4 rings (SSSR count). The van der Waals surface area contributed by atoms with Gasteiger partial charge >= 0.3 is 0 Å². The summed E-state index contributed by atoms with van der Waals surface area (Å²) >= 11 is 0. The largest absolute Gasteiger partial charge is 0.207 e. The van der Waals surface area contributed by atoms with Crippen LogP contribution < -0.4 is 0 Å². The van der Waals surface area contributed by atoms with Crippen LogP contribution in [0.2, 0.25) is 0 Å². The average molecular weight is 343 g/mol. The number of benzene rings is 1. The fraction of sp³-hybridized carbons (Fsp3) is 0.750. The van der Waals surface area contributed by atoms with Crippen LogP contribution in [0.4, 0.5) is 4.39 Å². The smallest absolute Gasteiger partial charge is 0.126 e. The Morgan fingerprint density at radius 1 is 0.760 bits per heavy atom. The van der Waals surface area contributed by atoms with Gasteiger partial charge in [-0.25, -0.2) is 4.39 Å². The zero-order chi connectivity index (χ0) is 17.2. The third-order valence-corrected chi connectivity index (χ3v) is 8.13. The lowest BCUT2D eigenvalue weighted by atomic mass is 9.60. The summed E-state index contributed by atoms with van der Waals surface area (Å²) in [6.07, 6.45) is 15.5.